The SMILES string of the molecule is CC(=NNC(=O)c1cc(O)c(O)c(O)c1)c1cccc(NC(=O)C2CCCCC2)c1. The fourth-order valence-corrected chi connectivity index (χ4v) is 3.43. The highest BCUT2D eigenvalue weighted by Gasteiger charge is 2.21. The predicted octanol–water partition coefficient (Wildman–Crippen LogP) is 3.48. The van der Waals surface area contributed by atoms with E-state index < -0.39 is 23.2 Å². The molecule has 0 aromatic heterocycles. The van der Waals surface area contributed by atoms with E-state index in [9.17, 15) is 24.9 Å². The predicted molar refractivity (Wildman–Crippen MR) is 113 cm³/mol. The molecule has 0 atom stereocenters. The average molecular weight is 411 g/mol. The molecule has 2 amide bonds. The van der Waals surface area contributed by atoms with Crippen molar-refractivity contribution in [3.63, 3.8) is 0 Å². The van der Waals surface area contributed by atoms with Gasteiger partial charge in [0.05, 0.1) is 5.71 Å². The average Bonchev–Trinajstić information content (AvgIpc) is 2.76. The minimum absolute atomic E-state index is 0.0293. The van der Waals surface area contributed by atoms with Crippen LogP contribution < -0.4 is 10.7 Å². The fraction of sp³-hybridized carbons (Fsp3) is 0.318. The van der Waals surface area contributed by atoms with Crippen LogP contribution in [0.2, 0.25) is 0 Å². The fourth-order valence-electron chi connectivity index (χ4n) is 3.43. The Labute approximate surface area is 174 Å². The second-order valence-corrected chi connectivity index (χ2v) is 7.41. The molecular formula is C22H25N3O5. The second-order valence-electron chi connectivity index (χ2n) is 7.41. The molecule has 1 aliphatic rings. The van der Waals surface area contributed by atoms with E-state index in [2.05, 4.69) is 15.8 Å². The van der Waals surface area contributed by atoms with Crippen LogP contribution in [0.15, 0.2) is 41.5 Å². The lowest BCUT2D eigenvalue weighted by atomic mass is 9.88. The third-order valence-corrected chi connectivity index (χ3v) is 5.18. The molecule has 0 heterocycles. The van der Waals surface area contributed by atoms with Gasteiger partial charge < -0.3 is 20.6 Å². The summed E-state index contributed by atoms with van der Waals surface area (Å²) in [4.78, 5) is 24.6. The summed E-state index contributed by atoms with van der Waals surface area (Å²) in [7, 11) is 0. The molecular weight excluding hydrogens is 386 g/mol. The lowest BCUT2D eigenvalue weighted by molar-refractivity contribution is -0.120. The van der Waals surface area contributed by atoms with Crippen LogP contribution in [0.25, 0.3) is 0 Å². The molecule has 1 saturated carbocycles. The van der Waals surface area contributed by atoms with Gasteiger partial charge in [-0.1, -0.05) is 31.4 Å². The summed E-state index contributed by atoms with van der Waals surface area (Å²) in [5.41, 5.74) is 4.16. The molecule has 5 N–H and O–H groups in total. The van der Waals surface area contributed by atoms with Crippen LogP contribution in [0.1, 0.15) is 54.9 Å². The smallest absolute Gasteiger partial charge is 0.271 e. The summed E-state index contributed by atoms with van der Waals surface area (Å²) in [6, 6.07) is 9.23. The summed E-state index contributed by atoms with van der Waals surface area (Å²) in [6.07, 6.45) is 5.19. The first-order valence-corrected chi connectivity index (χ1v) is 9.86. The third kappa shape index (κ3) is 5.08. The van der Waals surface area contributed by atoms with Gasteiger partial charge >= 0.3 is 0 Å². The Kier molecular flexibility index (Phi) is 6.56. The van der Waals surface area contributed by atoms with Crippen molar-refractivity contribution in [2.24, 2.45) is 11.0 Å². The minimum Gasteiger partial charge on any atom is -0.504 e. The summed E-state index contributed by atoms with van der Waals surface area (Å²) in [5, 5.41) is 35.4. The van der Waals surface area contributed by atoms with Crippen LogP contribution in [-0.4, -0.2) is 32.8 Å². The van der Waals surface area contributed by atoms with Crippen molar-refractivity contribution in [1.82, 2.24) is 5.43 Å². The van der Waals surface area contributed by atoms with Crippen molar-refractivity contribution in [1.29, 1.82) is 0 Å². The lowest BCUT2D eigenvalue weighted by Crippen LogP contribution is -2.24. The topological polar surface area (TPSA) is 131 Å². The Morgan fingerprint density at radius 3 is 2.30 bits per heavy atom. The normalized spacial score (nSPS) is 14.9. The summed E-state index contributed by atoms with van der Waals surface area (Å²) in [5.74, 6) is -2.50. The molecule has 2 aromatic rings. The molecule has 0 unspecified atom stereocenters. The van der Waals surface area contributed by atoms with Crippen molar-refractivity contribution in [2.45, 2.75) is 39.0 Å². The molecule has 1 aliphatic carbocycles. The van der Waals surface area contributed by atoms with Gasteiger partial charge in [-0.2, -0.15) is 5.10 Å². The number of phenolic OH excluding ortho intramolecular Hbond substituents is 3. The van der Waals surface area contributed by atoms with Gasteiger partial charge in [-0.05, 0) is 49.6 Å². The minimum atomic E-state index is -0.696. The Morgan fingerprint density at radius 1 is 0.967 bits per heavy atom. The number of nitrogens with one attached hydrogen (secondary N) is 2. The Balaban J connectivity index is 1.66. The van der Waals surface area contributed by atoms with E-state index in [0.717, 1.165) is 37.8 Å². The number of carbonyl (C=O) groups excluding carboxylic acids is 2. The van der Waals surface area contributed by atoms with E-state index in [4.69, 9.17) is 0 Å². The van der Waals surface area contributed by atoms with Crippen molar-refractivity contribution < 1.29 is 24.9 Å². The van der Waals surface area contributed by atoms with E-state index in [-0.39, 0.29) is 17.4 Å². The van der Waals surface area contributed by atoms with Crippen LogP contribution in [0.4, 0.5) is 5.69 Å². The Bertz CT molecular complexity index is 957. The summed E-state index contributed by atoms with van der Waals surface area (Å²) in [6.45, 7) is 1.70. The number of hydrogen-bond acceptors (Lipinski definition) is 6. The number of anilines is 1. The van der Waals surface area contributed by atoms with Gasteiger partial charge in [-0.3, -0.25) is 9.59 Å². The quantitative estimate of drug-likeness (QED) is 0.292. The van der Waals surface area contributed by atoms with E-state index >= 15 is 0 Å². The highest BCUT2D eigenvalue weighted by atomic mass is 16.3. The zero-order chi connectivity index (χ0) is 21.7. The molecule has 8 heteroatoms. The van der Waals surface area contributed by atoms with Crippen LogP contribution in [-0.2, 0) is 4.79 Å². The van der Waals surface area contributed by atoms with Crippen molar-refractivity contribution in [3.8, 4) is 17.2 Å². The Hall–Kier alpha value is -3.55. The van der Waals surface area contributed by atoms with Gasteiger partial charge in [-0.25, -0.2) is 5.43 Å². The molecule has 3 rings (SSSR count). The summed E-state index contributed by atoms with van der Waals surface area (Å²) < 4.78 is 0. The van der Waals surface area contributed by atoms with Gasteiger partial charge in [-0.15, -0.1) is 0 Å². The van der Waals surface area contributed by atoms with Gasteiger partial charge in [0.25, 0.3) is 5.91 Å². The maximum absolute atomic E-state index is 12.4. The first kappa shape index (κ1) is 21.2. The number of phenols is 3. The molecule has 1 fully saturated rings. The molecule has 158 valence electrons. The summed E-state index contributed by atoms with van der Waals surface area (Å²) >= 11 is 0. The molecule has 0 saturated heterocycles. The van der Waals surface area contributed by atoms with E-state index in [0.29, 0.717) is 17.0 Å². The van der Waals surface area contributed by atoms with Crippen LogP contribution in [0, 0.1) is 5.92 Å². The number of hydrogen-bond donors (Lipinski definition) is 5. The van der Waals surface area contributed by atoms with Crippen molar-refractivity contribution >= 4 is 23.2 Å². The number of aromatic hydroxyl groups is 3. The van der Waals surface area contributed by atoms with Crippen molar-refractivity contribution in [2.75, 3.05) is 5.32 Å². The molecule has 0 aliphatic heterocycles. The molecule has 0 spiro atoms. The van der Waals surface area contributed by atoms with Gasteiger partial charge in [0.15, 0.2) is 17.2 Å². The van der Waals surface area contributed by atoms with Gasteiger partial charge in [0, 0.05) is 17.2 Å². The van der Waals surface area contributed by atoms with Gasteiger partial charge in [0.1, 0.15) is 0 Å². The van der Waals surface area contributed by atoms with Crippen LogP contribution in [0.3, 0.4) is 0 Å². The van der Waals surface area contributed by atoms with Crippen molar-refractivity contribution in [3.05, 3.63) is 47.5 Å². The number of hydrazone groups is 1. The zero-order valence-electron chi connectivity index (χ0n) is 16.7. The Morgan fingerprint density at radius 2 is 1.63 bits per heavy atom. The second kappa shape index (κ2) is 9.30. The number of carbonyl (C=O) groups is 2. The standard InChI is InChI=1S/C22H25N3O5/c1-13(24-25-22(30)16-11-18(26)20(28)19(27)12-16)15-8-5-9-17(10-15)23-21(29)14-6-3-2-4-7-14/h5,8-12,14,26-28H,2-4,6-7H2,1H3,(H,23,29)(H,25,30). The monoisotopic (exact) mass is 411 g/mol. The third-order valence-electron chi connectivity index (χ3n) is 5.18. The molecule has 0 bridgehead atoms. The molecule has 30 heavy (non-hydrogen) atoms. The first-order chi connectivity index (χ1) is 14.3. The number of nitrogens with zero attached hydrogens (tertiary/aromatic N) is 1. The number of benzene rings is 2. The van der Waals surface area contributed by atoms with Gasteiger partial charge in [0.2, 0.25) is 5.91 Å². The molecule has 0 radical (unpaired) electrons. The number of amides is 2. The lowest BCUT2D eigenvalue weighted by Gasteiger charge is -2.20. The highest BCUT2D eigenvalue weighted by molar-refractivity contribution is 6.02. The molecule has 2 aromatic carbocycles. The van der Waals surface area contributed by atoms with E-state index in [1.165, 1.54) is 6.42 Å². The van der Waals surface area contributed by atoms with Crippen LogP contribution in [0.5, 0.6) is 17.2 Å². The maximum atomic E-state index is 12.4. The van der Waals surface area contributed by atoms with Crippen LogP contribution >= 0.6 is 0 Å². The van der Waals surface area contributed by atoms with E-state index in [1.807, 2.05) is 0 Å². The number of rotatable bonds is 5. The largest absolute Gasteiger partial charge is 0.504 e. The zero-order valence-corrected chi connectivity index (χ0v) is 16.7. The first-order valence-electron chi connectivity index (χ1n) is 9.86. The van der Waals surface area contributed by atoms with E-state index in [1.54, 1.807) is 31.2 Å². The highest BCUT2D eigenvalue weighted by Crippen LogP contribution is 2.35. The maximum Gasteiger partial charge on any atom is 0.271 e. The molecule has 8 nitrogen and oxygen atoms in total.